The zero-order valence-corrected chi connectivity index (χ0v) is 15.8. The first-order valence-electron chi connectivity index (χ1n) is 8.58. The lowest BCUT2D eigenvalue weighted by Gasteiger charge is -2.15. The SMILES string of the molecule is COC(=O)c1cc(CN(C)CC(=O)NCCc2ccccc2C)oc1C. The molecule has 0 aliphatic carbocycles. The summed E-state index contributed by atoms with van der Waals surface area (Å²) in [6, 6.07) is 9.82. The lowest BCUT2D eigenvalue weighted by Crippen LogP contribution is -2.35. The Kier molecular flexibility index (Phi) is 6.97. The highest BCUT2D eigenvalue weighted by atomic mass is 16.5. The van der Waals surface area contributed by atoms with E-state index < -0.39 is 5.97 Å². The molecule has 6 heteroatoms. The van der Waals surface area contributed by atoms with Crippen LogP contribution in [0.25, 0.3) is 0 Å². The first kappa shape index (κ1) is 19.7. The average Bonchev–Trinajstić information content (AvgIpc) is 2.95. The van der Waals surface area contributed by atoms with E-state index in [1.54, 1.807) is 13.0 Å². The van der Waals surface area contributed by atoms with Crippen molar-refractivity contribution < 1.29 is 18.7 Å². The Morgan fingerprint density at radius 1 is 1.23 bits per heavy atom. The molecule has 0 bridgehead atoms. The van der Waals surface area contributed by atoms with Crippen molar-refractivity contribution in [2.45, 2.75) is 26.8 Å². The molecule has 1 aromatic carbocycles. The minimum Gasteiger partial charge on any atom is -0.465 e. The molecular weight excluding hydrogens is 332 g/mol. The number of hydrogen-bond acceptors (Lipinski definition) is 5. The Bertz CT molecular complexity index is 767. The molecule has 0 atom stereocenters. The summed E-state index contributed by atoms with van der Waals surface area (Å²) in [6.45, 7) is 5.07. The number of carbonyl (C=O) groups excluding carboxylic acids is 2. The number of furan rings is 1. The fourth-order valence-corrected chi connectivity index (χ4v) is 2.78. The third kappa shape index (κ3) is 5.46. The van der Waals surface area contributed by atoms with Crippen molar-refractivity contribution in [2.75, 3.05) is 27.2 Å². The van der Waals surface area contributed by atoms with Crippen LogP contribution in [0.2, 0.25) is 0 Å². The summed E-state index contributed by atoms with van der Waals surface area (Å²) in [5.74, 6) is 0.674. The molecule has 0 saturated heterocycles. The maximum atomic E-state index is 12.1. The molecule has 2 aromatic rings. The van der Waals surface area contributed by atoms with Crippen LogP contribution in [0.3, 0.4) is 0 Å². The second-order valence-corrected chi connectivity index (χ2v) is 6.37. The smallest absolute Gasteiger partial charge is 0.341 e. The van der Waals surface area contributed by atoms with E-state index in [0.717, 1.165) is 6.42 Å². The van der Waals surface area contributed by atoms with Gasteiger partial charge < -0.3 is 14.5 Å². The summed E-state index contributed by atoms with van der Waals surface area (Å²) in [6.07, 6.45) is 0.808. The number of nitrogens with one attached hydrogen (secondary N) is 1. The highest BCUT2D eigenvalue weighted by Crippen LogP contribution is 2.16. The van der Waals surface area contributed by atoms with Gasteiger partial charge in [-0.05, 0) is 44.5 Å². The molecule has 0 radical (unpaired) electrons. The van der Waals surface area contributed by atoms with Crippen LogP contribution in [0.4, 0.5) is 0 Å². The Morgan fingerprint density at radius 3 is 2.65 bits per heavy atom. The van der Waals surface area contributed by atoms with Gasteiger partial charge in [-0.2, -0.15) is 0 Å². The number of aryl methyl sites for hydroxylation is 2. The van der Waals surface area contributed by atoms with E-state index in [2.05, 4.69) is 24.4 Å². The number of esters is 1. The molecule has 2 rings (SSSR count). The van der Waals surface area contributed by atoms with Crippen LogP contribution >= 0.6 is 0 Å². The van der Waals surface area contributed by atoms with Gasteiger partial charge in [0, 0.05) is 6.54 Å². The normalized spacial score (nSPS) is 10.8. The standard InChI is InChI=1S/C20H26N2O4/c1-14-7-5-6-8-16(14)9-10-21-19(23)13-22(3)12-17-11-18(15(2)26-17)20(24)25-4/h5-8,11H,9-10,12-13H2,1-4H3,(H,21,23). The largest absolute Gasteiger partial charge is 0.465 e. The van der Waals surface area contributed by atoms with E-state index in [4.69, 9.17) is 9.15 Å². The van der Waals surface area contributed by atoms with E-state index in [1.165, 1.54) is 18.2 Å². The summed E-state index contributed by atoms with van der Waals surface area (Å²) in [5, 5.41) is 2.93. The molecule has 0 unspecified atom stereocenters. The molecule has 0 aliphatic heterocycles. The van der Waals surface area contributed by atoms with Gasteiger partial charge >= 0.3 is 5.97 Å². The minimum atomic E-state index is -0.422. The van der Waals surface area contributed by atoms with Crippen molar-refractivity contribution in [1.82, 2.24) is 10.2 Å². The fourth-order valence-electron chi connectivity index (χ4n) is 2.78. The molecule has 1 aromatic heterocycles. The Balaban J connectivity index is 1.78. The predicted octanol–water partition coefficient (Wildman–Crippen LogP) is 2.47. The fraction of sp³-hybridized carbons (Fsp3) is 0.400. The van der Waals surface area contributed by atoms with Crippen molar-refractivity contribution in [3.63, 3.8) is 0 Å². The first-order chi connectivity index (χ1) is 12.4. The molecule has 0 saturated carbocycles. The van der Waals surface area contributed by atoms with Crippen molar-refractivity contribution in [2.24, 2.45) is 0 Å². The Labute approximate surface area is 154 Å². The van der Waals surface area contributed by atoms with E-state index >= 15 is 0 Å². The number of likely N-dealkylation sites (N-methyl/N-ethyl adjacent to an activating group) is 1. The van der Waals surface area contributed by atoms with Gasteiger partial charge in [-0.1, -0.05) is 24.3 Å². The van der Waals surface area contributed by atoms with Crippen LogP contribution in [0.5, 0.6) is 0 Å². The number of ether oxygens (including phenoxy) is 1. The molecule has 6 nitrogen and oxygen atoms in total. The van der Waals surface area contributed by atoms with Crippen molar-refractivity contribution in [3.05, 3.63) is 58.5 Å². The lowest BCUT2D eigenvalue weighted by molar-refractivity contribution is -0.122. The zero-order valence-electron chi connectivity index (χ0n) is 15.8. The average molecular weight is 358 g/mol. The van der Waals surface area contributed by atoms with E-state index in [9.17, 15) is 9.59 Å². The Morgan fingerprint density at radius 2 is 1.96 bits per heavy atom. The molecule has 140 valence electrons. The van der Waals surface area contributed by atoms with E-state index in [0.29, 0.717) is 30.2 Å². The number of benzene rings is 1. The molecule has 1 amide bonds. The van der Waals surface area contributed by atoms with Crippen LogP contribution in [0, 0.1) is 13.8 Å². The molecule has 1 N–H and O–H groups in total. The Hall–Kier alpha value is -2.60. The molecule has 1 heterocycles. The van der Waals surface area contributed by atoms with E-state index in [-0.39, 0.29) is 12.5 Å². The second kappa shape index (κ2) is 9.20. The van der Waals surface area contributed by atoms with Crippen LogP contribution in [0.15, 0.2) is 34.7 Å². The topological polar surface area (TPSA) is 71.8 Å². The number of rotatable bonds is 8. The number of nitrogens with zero attached hydrogens (tertiary/aromatic N) is 1. The van der Waals surface area contributed by atoms with Crippen molar-refractivity contribution >= 4 is 11.9 Å². The maximum absolute atomic E-state index is 12.1. The first-order valence-corrected chi connectivity index (χ1v) is 8.58. The lowest BCUT2D eigenvalue weighted by atomic mass is 10.1. The molecule has 0 fully saturated rings. The van der Waals surface area contributed by atoms with Crippen LogP contribution in [-0.2, 0) is 22.5 Å². The van der Waals surface area contributed by atoms with Crippen molar-refractivity contribution in [1.29, 1.82) is 0 Å². The minimum absolute atomic E-state index is 0.0439. The van der Waals surface area contributed by atoms with Gasteiger partial charge in [0.25, 0.3) is 0 Å². The molecule has 26 heavy (non-hydrogen) atoms. The summed E-state index contributed by atoms with van der Waals surface area (Å²) in [7, 11) is 3.17. The van der Waals surface area contributed by atoms with Gasteiger partial charge in [-0.15, -0.1) is 0 Å². The summed E-state index contributed by atoms with van der Waals surface area (Å²) < 4.78 is 10.3. The quantitative estimate of drug-likeness (QED) is 0.734. The summed E-state index contributed by atoms with van der Waals surface area (Å²) >= 11 is 0. The van der Waals surface area contributed by atoms with Crippen LogP contribution < -0.4 is 5.32 Å². The van der Waals surface area contributed by atoms with Gasteiger partial charge in [0.05, 0.1) is 20.2 Å². The number of amides is 1. The predicted molar refractivity (Wildman–Crippen MR) is 99.0 cm³/mol. The second-order valence-electron chi connectivity index (χ2n) is 6.37. The van der Waals surface area contributed by atoms with Gasteiger partial charge in [-0.3, -0.25) is 9.69 Å². The van der Waals surface area contributed by atoms with Crippen LogP contribution in [0.1, 0.15) is 33.0 Å². The van der Waals surface area contributed by atoms with Crippen molar-refractivity contribution in [3.8, 4) is 0 Å². The van der Waals surface area contributed by atoms with Gasteiger partial charge in [-0.25, -0.2) is 4.79 Å². The molecule has 0 aliphatic rings. The summed E-state index contributed by atoms with van der Waals surface area (Å²) in [5.41, 5.74) is 2.88. The van der Waals surface area contributed by atoms with Gasteiger partial charge in [0.15, 0.2) is 0 Å². The number of carbonyl (C=O) groups is 2. The highest BCUT2D eigenvalue weighted by Gasteiger charge is 2.17. The number of methoxy groups -OCH3 is 1. The summed E-state index contributed by atoms with van der Waals surface area (Å²) in [4.78, 5) is 25.5. The monoisotopic (exact) mass is 358 g/mol. The highest BCUT2D eigenvalue weighted by molar-refractivity contribution is 5.90. The third-order valence-electron chi connectivity index (χ3n) is 4.19. The molecule has 0 spiro atoms. The molecular formula is C20H26N2O4. The zero-order chi connectivity index (χ0) is 19.1. The maximum Gasteiger partial charge on any atom is 0.341 e. The van der Waals surface area contributed by atoms with Gasteiger partial charge in [0.2, 0.25) is 5.91 Å². The van der Waals surface area contributed by atoms with E-state index in [1.807, 2.05) is 24.1 Å². The van der Waals surface area contributed by atoms with Gasteiger partial charge in [0.1, 0.15) is 17.1 Å². The third-order valence-corrected chi connectivity index (χ3v) is 4.19. The van der Waals surface area contributed by atoms with Crippen LogP contribution in [-0.4, -0.2) is 44.0 Å². The number of hydrogen-bond donors (Lipinski definition) is 1.